The van der Waals surface area contributed by atoms with Crippen molar-refractivity contribution in [3.8, 4) is 0 Å². The molecule has 0 aliphatic heterocycles. The molecule has 2 nitrogen and oxygen atoms in total. The van der Waals surface area contributed by atoms with Crippen molar-refractivity contribution in [1.82, 2.24) is 0 Å². The molecule has 0 saturated carbocycles. The fraction of sp³-hybridized carbons (Fsp3) is 0.400. The normalized spacial score (nSPS) is 12.8. The van der Waals surface area contributed by atoms with E-state index >= 15 is 0 Å². The van der Waals surface area contributed by atoms with Crippen molar-refractivity contribution in [1.29, 1.82) is 0 Å². The number of rotatable bonds is 5. The van der Waals surface area contributed by atoms with E-state index in [9.17, 15) is 0 Å². The zero-order valence-electron chi connectivity index (χ0n) is 7.76. The molecule has 1 unspecified atom stereocenters. The van der Waals surface area contributed by atoms with Crippen molar-refractivity contribution < 1.29 is 10.2 Å². The second-order valence-electron chi connectivity index (χ2n) is 2.86. The van der Waals surface area contributed by atoms with E-state index in [1.165, 1.54) is 0 Å². The van der Waals surface area contributed by atoms with Crippen LogP contribution in [0.15, 0.2) is 29.2 Å². The lowest BCUT2D eigenvalue weighted by Gasteiger charge is -2.09. The first-order valence-corrected chi connectivity index (χ1v) is 5.92. The standard InChI is InChI=1S/C10H14O2S2/c11-5-6-14-9-4-2-1-3-8(9)7-10(12)13/h1-4,10-13H,5-7H2. The summed E-state index contributed by atoms with van der Waals surface area (Å²) in [6.07, 6.45) is 0.539. The van der Waals surface area contributed by atoms with Gasteiger partial charge in [0.1, 0.15) is 5.44 Å². The van der Waals surface area contributed by atoms with E-state index in [1.54, 1.807) is 11.8 Å². The van der Waals surface area contributed by atoms with Gasteiger partial charge in [0, 0.05) is 17.1 Å². The molecular formula is C10H14O2S2. The molecule has 1 rings (SSSR count). The highest BCUT2D eigenvalue weighted by molar-refractivity contribution is 7.99. The Kier molecular flexibility index (Phi) is 5.40. The van der Waals surface area contributed by atoms with Crippen LogP contribution in [-0.2, 0) is 6.42 Å². The van der Waals surface area contributed by atoms with Gasteiger partial charge in [-0.2, -0.15) is 0 Å². The lowest BCUT2D eigenvalue weighted by Crippen LogP contribution is -2.02. The van der Waals surface area contributed by atoms with Crippen LogP contribution in [0.25, 0.3) is 0 Å². The predicted octanol–water partition coefficient (Wildman–Crippen LogP) is 1.56. The number of aliphatic hydroxyl groups is 2. The van der Waals surface area contributed by atoms with Crippen LogP contribution >= 0.6 is 24.4 Å². The van der Waals surface area contributed by atoms with Crippen LogP contribution in [0.2, 0.25) is 0 Å². The van der Waals surface area contributed by atoms with Gasteiger partial charge in [-0.05, 0) is 11.6 Å². The van der Waals surface area contributed by atoms with E-state index in [-0.39, 0.29) is 6.61 Å². The first-order valence-electron chi connectivity index (χ1n) is 4.41. The Labute approximate surface area is 93.8 Å². The maximum Gasteiger partial charge on any atom is 0.100 e. The Balaban J connectivity index is 2.69. The van der Waals surface area contributed by atoms with Gasteiger partial charge in [-0.15, -0.1) is 24.4 Å². The van der Waals surface area contributed by atoms with Gasteiger partial charge in [0.05, 0.1) is 6.61 Å². The van der Waals surface area contributed by atoms with E-state index in [0.29, 0.717) is 12.2 Å². The van der Waals surface area contributed by atoms with Crippen LogP contribution in [-0.4, -0.2) is 28.0 Å². The third kappa shape index (κ3) is 3.92. The number of thioether (sulfide) groups is 1. The first-order chi connectivity index (χ1) is 6.74. The molecule has 1 aromatic rings. The minimum Gasteiger partial charge on any atom is -0.396 e. The Morgan fingerprint density at radius 2 is 2.07 bits per heavy atom. The van der Waals surface area contributed by atoms with Gasteiger partial charge in [0.2, 0.25) is 0 Å². The number of thiol groups is 1. The summed E-state index contributed by atoms with van der Waals surface area (Å²) in [7, 11) is 0. The topological polar surface area (TPSA) is 40.5 Å². The Hall–Kier alpha value is -0.160. The van der Waals surface area contributed by atoms with E-state index in [0.717, 1.165) is 10.5 Å². The van der Waals surface area contributed by atoms with Crippen LogP contribution in [0, 0.1) is 0 Å². The van der Waals surface area contributed by atoms with Crippen molar-refractivity contribution in [2.24, 2.45) is 0 Å². The molecule has 0 bridgehead atoms. The van der Waals surface area contributed by atoms with E-state index in [4.69, 9.17) is 10.2 Å². The van der Waals surface area contributed by atoms with Crippen molar-refractivity contribution in [3.05, 3.63) is 29.8 Å². The minimum atomic E-state index is -0.620. The van der Waals surface area contributed by atoms with Crippen LogP contribution in [0.3, 0.4) is 0 Å². The summed E-state index contributed by atoms with van der Waals surface area (Å²) in [5.74, 6) is 0.680. The summed E-state index contributed by atoms with van der Waals surface area (Å²) in [4.78, 5) is 1.11. The third-order valence-electron chi connectivity index (χ3n) is 1.72. The lowest BCUT2D eigenvalue weighted by molar-refractivity contribution is 0.265. The van der Waals surface area contributed by atoms with E-state index < -0.39 is 5.44 Å². The van der Waals surface area contributed by atoms with Crippen LogP contribution in [0.5, 0.6) is 0 Å². The molecule has 1 atom stereocenters. The molecule has 0 radical (unpaired) electrons. The quantitative estimate of drug-likeness (QED) is 0.408. The Morgan fingerprint density at radius 1 is 1.36 bits per heavy atom. The predicted molar refractivity (Wildman–Crippen MR) is 62.9 cm³/mol. The summed E-state index contributed by atoms with van der Waals surface area (Å²) in [6.45, 7) is 0.169. The van der Waals surface area contributed by atoms with Gasteiger partial charge < -0.3 is 10.2 Å². The van der Waals surface area contributed by atoms with Gasteiger partial charge in [0.15, 0.2) is 0 Å². The summed E-state index contributed by atoms with van der Waals surface area (Å²) >= 11 is 5.54. The molecule has 0 aliphatic carbocycles. The number of hydrogen-bond donors (Lipinski definition) is 3. The molecule has 2 N–H and O–H groups in total. The van der Waals surface area contributed by atoms with E-state index in [2.05, 4.69) is 12.6 Å². The van der Waals surface area contributed by atoms with Gasteiger partial charge in [-0.25, -0.2) is 0 Å². The highest BCUT2D eigenvalue weighted by Crippen LogP contribution is 2.23. The number of aliphatic hydroxyl groups excluding tert-OH is 2. The summed E-state index contributed by atoms with van der Waals surface area (Å²) in [6, 6.07) is 7.85. The molecule has 0 aliphatic rings. The van der Waals surface area contributed by atoms with Crippen molar-refractivity contribution in [3.63, 3.8) is 0 Å². The van der Waals surface area contributed by atoms with Gasteiger partial charge in [0.25, 0.3) is 0 Å². The van der Waals surface area contributed by atoms with Gasteiger partial charge in [-0.1, -0.05) is 18.2 Å². The fourth-order valence-electron chi connectivity index (χ4n) is 1.17. The molecule has 78 valence electrons. The van der Waals surface area contributed by atoms with Gasteiger partial charge >= 0.3 is 0 Å². The lowest BCUT2D eigenvalue weighted by atomic mass is 10.2. The maximum atomic E-state index is 9.16. The molecule has 0 spiro atoms. The fourth-order valence-corrected chi connectivity index (χ4v) is 2.19. The van der Waals surface area contributed by atoms with Crippen LogP contribution in [0.4, 0.5) is 0 Å². The molecule has 4 heteroatoms. The number of hydrogen-bond acceptors (Lipinski definition) is 4. The van der Waals surface area contributed by atoms with Crippen molar-refractivity contribution in [2.75, 3.05) is 12.4 Å². The molecule has 1 aromatic carbocycles. The highest BCUT2D eigenvalue weighted by atomic mass is 32.2. The second kappa shape index (κ2) is 6.35. The molecule has 0 saturated heterocycles. The monoisotopic (exact) mass is 230 g/mol. The summed E-state index contributed by atoms with van der Waals surface area (Å²) in [5, 5.41) is 17.9. The highest BCUT2D eigenvalue weighted by Gasteiger charge is 2.05. The molecule has 0 aromatic heterocycles. The Bertz CT molecular complexity index is 277. The average molecular weight is 230 g/mol. The zero-order valence-corrected chi connectivity index (χ0v) is 9.47. The van der Waals surface area contributed by atoms with Crippen molar-refractivity contribution >= 4 is 24.4 Å². The molecule has 0 amide bonds. The second-order valence-corrected chi connectivity index (χ2v) is 4.60. The molecule has 0 fully saturated rings. The van der Waals surface area contributed by atoms with Crippen molar-refractivity contribution in [2.45, 2.75) is 16.8 Å². The summed E-state index contributed by atoms with van der Waals surface area (Å²) < 4.78 is 0. The average Bonchev–Trinajstić information content (AvgIpc) is 2.16. The third-order valence-corrected chi connectivity index (χ3v) is 3.00. The molecular weight excluding hydrogens is 216 g/mol. The molecule has 14 heavy (non-hydrogen) atoms. The van der Waals surface area contributed by atoms with Crippen LogP contribution < -0.4 is 0 Å². The minimum absolute atomic E-state index is 0.169. The SMILES string of the molecule is OCCSc1ccccc1CC(O)S. The first kappa shape index (κ1) is 11.9. The molecule has 0 heterocycles. The zero-order chi connectivity index (χ0) is 10.4. The number of benzene rings is 1. The smallest absolute Gasteiger partial charge is 0.100 e. The van der Waals surface area contributed by atoms with Gasteiger partial charge in [-0.3, -0.25) is 0 Å². The van der Waals surface area contributed by atoms with Crippen LogP contribution in [0.1, 0.15) is 5.56 Å². The largest absolute Gasteiger partial charge is 0.396 e. The van der Waals surface area contributed by atoms with E-state index in [1.807, 2.05) is 24.3 Å². The maximum absolute atomic E-state index is 9.16. The Morgan fingerprint density at radius 3 is 2.71 bits per heavy atom. The summed E-state index contributed by atoms with van der Waals surface area (Å²) in [5.41, 5.74) is 0.458.